The minimum Gasteiger partial charge on any atom is -0.368 e. The highest BCUT2D eigenvalue weighted by Crippen LogP contribution is 2.39. The number of nitriles is 1. The van der Waals surface area contributed by atoms with Crippen molar-refractivity contribution in [2.45, 2.75) is 25.8 Å². The number of rotatable bonds is 4. The maximum atomic E-state index is 13.3. The van der Waals surface area contributed by atoms with E-state index in [1.807, 2.05) is 50.2 Å². The number of benzene rings is 1. The number of nitrogens with zero attached hydrogens (tertiary/aromatic N) is 4. The summed E-state index contributed by atoms with van der Waals surface area (Å²) in [5, 5.41) is 12.7. The van der Waals surface area contributed by atoms with Gasteiger partial charge in [-0.15, -0.1) is 0 Å². The summed E-state index contributed by atoms with van der Waals surface area (Å²) in [6.07, 6.45) is 5.59. The minimum atomic E-state index is -0.379. The van der Waals surface area contributed by atoms with Crippen LogP contribution in [0.2, 0.25) is 0 Å². The first-order chi connectivity index (χ1) is 14.9. The van der Waals surface area contributed by atoms with Crippen LogP contribution in [0.25, 0.3) is 11.1 Å². The first-order valence-electron chi connectivity index (χ1n) is 10.1. The zero-order chi connectivity index (χ0) is 22.0. The summed E-state index contributed by atoms with van der Waals surface area (Å²) in [5.41, 5.74) is 10.5. The van der Waals surface area contributed by atoms with Gasteiger partial charge in [-0.25, -0.2) is 4.98 Å². The van der Waals surface area contributed by atoms with Crippen LogP contribution in [0.5, 0.6) is 0 Å². The lowest BCUT2D eigenvalue weighted by Gasteiger charge is -2.27. The Kier molecular flexibility index (Phi) is 5.40. The van der Waals surface area contributed by atoms with Gasteiger partial charge in [-0.2, -0.15) is 5.26 Å². The molecule has 1 fully saturated rings. The number of nitrogens with two attached hydrogens (primary N) is 1. The van der Waals surface area contributed by atoms with E-state index < -0.39 is 0 Å². The molecule has 7 nitrogen and oxygen atoms in total. The molecule has 0 radical (unpaired) electrons. The van der Waals surface area contributed by atoms with E-state index in [0.717, 1.165) is 17.5 Å². The van der Waals surface area contributed by atoms with Crippen molar-refractivity contribution in [2.75, 3.05) is 23.3 Å². The Hall–Kier alpha value is -3.76. The second kappa shape index (κ2) is 8.17. The Bertz CT molecular complexity index is 1170. The van der Waals surface area contributed by atoms with Crippen molar-refractivity contribution in [1.29, 1.82) is 5.26 Å². The molecule has 0 spiro atoms. The number of hydrogen-bond acceptors (Lipinski definition) is 6. The lowest BCUT2D eigenvalue weighted by Crippen LogP contribution is -2.39. The van der Waals surface area contributed by atoms with Crippen molar-refractivity contribution < 1.29 is 4.79 Å². The van der Waals surface area contributed by atoms with Crippen molar-refractivity contribution in [1.82, 2.24) is 9.97 Å². The summed E-state index contributed by atoms with van der Waals surface area (Å²) in [6.45, 7) is 5.23. The van der Waals surface area contributed by atoms with Gasteiger partial charge in [0, 0.05) is 48.5 Å². The monoisotopic (exact) mass is 412 g/mol. The molecule has 0 aliphatic carbocycles. The van der Waals surface area contributed by atoms with Gasteiger partial charge in [-0.05, 0) is 55.7 Å². The van der Waals surface area contributed by atoms with Crippen LogP contribution in [0.1, 0.15) is 35.0 Å². The van der Waals surface area contributed by atoms with Crippen LogP contribution in [-0.2, 0) is 0 Å². The lowest BCUT2D eigenvalue weighted by atomic mass is 9.98. The molecule has 0 unspecified atom stereocenters. The average molecular weight is 412 g/mol. The van der Waals surface area contributed by atoms with E-state index in [4.69, 9.17) is 5.73 Å². The third-order valence-electron chi connectivity index (χ3n) is 5.47. The molecule has 0 bridgehead atoms. The predicted octanol–water partition coefficient (Wildman–Crippen LogP) is 3.50. The van der Waals surface area contributed by atoms with E-state index in [0.29, 0.717) is 35.6 Å². The highest BCUT2D eigenvalue weighted by molar-refractivity contribution is 6.10. The summed E-state index contributed by atoms with van der Waals surface area (Å²) < 4.78 is 0. The molecule has 7 heteroatoms. The van der Waals surface area contributed by atoms with Gasteiger partial charge in [0.1, 0.15) is 11.8 Å². The molecule has 1 aliphatic rings. The van der Waals surface area contributed by atoms with E-state index in [-0.39, 0.29) is 17.1 Å². The molecule has 4 rings (SSSR count). The normalized spacial score (nSPS) is 17.9. The highest BCUT2D eigenvalue weighted by Gasteiger charge is 2.34. The van der Waals surface area contributed by atoms with E-state index in [9.17, 15) is 10.1 Å². The number of aryl methyl sites for hydroxylation is 1. The Balaban J connectivity index is 1.87. The fourth-order valence-electron chi connectivity index (χ4n) is 3.97. The van der Waals surface area contributed by atoms with Gasteiger partial charge in [-0.3, -0.25) is 9.78 Å². The maximum Gasteiger partial charge on any atom is 0.259 e. The number of pyridine rings is 2. The molecule has 3 heterocycles. The summed E-state index contributed by atoms with van der Waals surface area (Å²) in [4.78, 5) is 23.8. The fourth-order valence-corrected chi connectivity index (χ4v) is 3.97. The second-order valence-corrected chi connectivity index (χ2v) is 8.24. The summed E-state index contributed by atoms with van der Waals surface area (Å²) in [5.74, 6) is -0.279. The Labute approximate surface area is 181 Å². The second-order valence-electron chi connectivity index (χ2n) is 8.24. The average Bonchev–Trinajstić information content (AvgIpc) is 3.12. The van der Waals surface area contributed by atoms with Crippen molar-refractivity contribution in [3.63, 3.8) is 0 Å². The predicted molar refractivity (Wildman–Crippen MR) is 121 cm³/mol. The van der Waals surface area contributed by atoms with Crippen LogP contribution in [0.4, 0.5) is 11.4 Å². The Morgan fingerprint density at radius 2 is 2.06 bits per heavy atom. The summed E-state index contributed by atoms with van der Waals surface area (Å²) in [7, 11) is 0. The van der Waals surface area contributed by atoms with Crippen LogP contribution in [0, 0.1) is 18.3 Å². The SMILES string of the molecule is Cc1cccc(NC(=O)c2cnc(C#N)c(-c3ccncc3)c2N2CC[C@](C)(N)C2)c1. The van der Waals surface area contributed by atoms with Gasteiger partial charge in [0.2, 0.25) is 0 Å². The molecular formula is C24H24N6O. The van der Waals surface area contributed by atoms with Crippen molar-refractivity contribution in [2.24, 2.45) is 5.73 Å². The molecule has 1 saturated heterocycles. The van der Waals surface area contributed by atoms with Crippen molar-refractivity contribution in [3.8, 4) is 17.2 Å². The molecular weight excluding hydrogens is 388 g/mol. The first kappa shape index (κ1) is 20.5. The van der Waals surface area contributed by atoms with Crippen LogP contribution in [0.15, 0.2) is 55.0 Å². The van der Waals surface area contributed by atoms with Gasteiger partial charge >= 0.3 is 0 Å². The van der Waals surface area contributed by atoms with Crippen LogP contribution in [-0.4, -0.2) is 34.5 Å². The number of anilines is 2. The number of nitrogens with one attached hydrogen (secondary N) is 1. The van der Waals surface area contributed by atoms with E-state index in [1.54, 1.807) is 12.4 Å². The van der Waals surface area contributed by atoms with Gasteiger partial charge in [0.15, 0.2) is 0 Å². The maximum absolute atomic E-state index is 13.3. The molecule has 31 heavy (non-hydrogen) atoms. The highest BCUT2D eigenvalue weighted by atomic mass is 16.1. The van der Waals surface area contributed by atoms with E-state index >= 15 is 0 Å². The first-order valence-corrected chi connectivity index (χ1v) is 10.1. The lowest BCUT2D eigenvalue weighted by molar-refractivity contribution is 0.102. The standard InChI is InChI=1S/C24H24N6O/c1-16-4-3-5-18(12-16)29-23(31)19-14-28-20(13-25)21(17-6-9-27-10-7-17)22(19)30-11-8-24(2,26)15-30/h3-7,9-10,12,14H,8,11,15,26H2,1-2H3,(H,29,31)/t24-/m0/s1. The van der Waals surface area contributed by atoms with Crippen LogP contribution in [0.3, 0.4) is 0 Å². The zero-order valence-corrected chi connectivity index (χ0v) is 17.6. The molecule has 3 aromatic rings. The quantitative estimate of drug-likeness (QED) is 0.679. The van der Waals surface area contributed by atoms with Crippen LogP contribution >= 0.6 is 0 Å². The molecule has 1 amide bonds. The third kappa shape index (κ3) is 4.25. The van der Waals surface area contributed by atoms with Crippen molar-refractivity contribution in [3.05, 3.63) is 71.8 Å². The topological polar surface area (TPSA) is 108 Å². The number of carbonyl (C=O) groups is 1. The van der Waals surface area contributed by atoms with E-state index in [1.165, 1.54) is 6.20 Å². The third-order valence-corrected chi connectivity index (χ3v) is 5.47. The molecule has 156 valence electrons. The molecule has 0 saturated carbocycles. The van der Waals surface area contributed by atoms with Gasteiger partial charge in [-0.1, -0.05) is 12.1 Å². The Morgan fingerprint density at radius 3 is 2.71 bits per heavy atom. The smallest absolute Gasteiger partial charge is 0.259 e. The minimum absolute atomic E-state index is 0.263. The van der Waals surface area contributed by atoms with E-state index in [2.05, 4.69) is 26.3 Å². The molecule has 1 aromatic carbocycles. The largest absolute Gasteiger partial charge is 0.368 e. The number of hydrogen-bond donors (Lipinski definition) is 2. The van der Waals surface area contributed by atoms with Gasteiger partial charge < -0.3 is 16.0 Å². The molecule has 2 aromatic heterocycles. The molecule has 1 aliphatic heterocycles. The van der Waals surface area contributed by atoms with Gasteiger partial charge in [0.05, 0.1) is 11.3 Å². The van der Waals surface area contributed by atoms with Crippen LogP contribution < -0.4 is 16.0 Å². The Morgan fingerprint density at radius 1 is 1.29 bits per heavy atom. The number of amides is 1. The summed E-state index contributed by atoms with van der Waals surface area (Å²) in [6, 6.07) is 13.4. The van der Waals surface area contributed by atoms with Gasteiger partial charge in [0.25, 0.3) is 5.91 Å². The number of aromatic nitrogens is 2. The number of carbonyl (C=O) groups excluding carboxylic acids is 1. The summed E-state index contributed by atoms with van der Waals surface area (Å²) >= 11 is 0. The molecule has 1 atom stereocenters. The van der Waals surface area contributed by atoms with Crippen molar-refractivity contribution >= 4 is 17.3 Å². The molecule has 3 N–H and O–H groups in total. The fraction of sp³-hybridized carbons (Fsp3) is 0.250. The zero-order valence-electron chi connectivity index (χ0n) is 17.6.